The van der Waals surface area contributed by atoms with Gasteiger partial charge in [-0.05, 0) is 68.2 Å². The molecule has 2 bridgehead atoms. The van der Waals surface area contributed by atoms with Gasteiger partial charge >= 0.3 is 0 Å². The molecule has 2 nitrogen and oxygen atoms in total. The van der Waals surface area contributed by atoms with Crippen molar-refractivity contribution in [1.82, 2.24) is 4.72 Å². The van der Waals surface area contributed by atoms with Crippen LogP contribution in [0.4, 0.5) is 0 Å². The van der Waals surface area contributed by atoms with Crippen molar-refractivity contribution in [2.75, 3.05) is 6.61 Å². The summed E-state index contributed by atoms with van der Waals surface area (Å²) < 4.78 is 11.5. The quantitative estimate of drug-likeness (QED) is 0.571. The van der Waals surface area contributed by atoms with Crippen molar-refractivity contribution in [3.8, 4) is 0 Å². The second kappa shape index (κ2) is 8.47. The zero-order chi connectivity index (χ0) is 17.8. The van der Waals surface area contributed by atoms with E-state index in [0.29, 0.717) is 11.5 Å². The molecule has 0 amide bonds. The topological polar surface area (TPSA) is 21.3 Å². The van der Waals surface area contributed by atoms with Crippen molar-refractivity contribution >= 4 is 23.3 Å². The zero-order valence-electron chi connectivity index (χ0n) is 15.6. The van der Waals surface area contributed by atoms with Crippen LogP contribution in [0, 0.1) is 18.3 Å². The maximum Gasteiger partial charge on any atom is 0.0754 e. The van der Waals surface area contributed by atoms with Crippen LogP contribution >= 0.6 is 23.3 Å². The molecule has 2 fully saturated rings. The van der Waals surface area contributed by atoms with Crippen LogP contribution in [0.1, 0.15) is 49.0 Å². The highest BCUT2D eigenvalue weighted by atomic mass is 32.2. The zero-order valence-corrected chi connectivity index (χ0v) is 17.2. The number of hydrogen-bond acceptors (Lipinski definition) is 4. The third-order valence-electron chi connectivity index (χ3n) is 6.15. The highest BCUT2D eigenvalue weighted by Gasteiger charge is 2.49. The molecule has 3 atom stereocenters. The fourth-order valence-electron chi connectivity index (χ4n) is 4.76. The first-order chi connectivity index (χ1) is 12.8. The molecular weight excluding hydrogens is 358 g/mol. The Morgan fingerprint density at radius 3 is 2.81 bits per heavy atom. The van der Waals surface area contributed by atoms with Gasteiger partial charge in [-0.25, -0.2) is 0 Å². The predicted molar refractivity (Wildman–Crippen MR) is 112 cm³/mol. The highest BCUT2D eigenvalue weighted by Crippen LogP contribution is 2.51. The number of aryl methyl sites for hydroxylation is 1. The molecule has 26 heavy (non-hydrogen) atoms. The largest absolute Gasteiger partial charge is 0.376 e. The van der Waals surface area contributed by atoms with E-state index in [0.717, 1.165) is 19.1 Å². The van der Waals surface area contributed by atoms with Crippen LogP contribution in [0.5, 0.6) is 0 Å². The monoisotopic (exact) mass is 387 g/mol. The first-order valence-electron chi connectivity index (χ1n) is 9.86. The molecule has 0 saturated heterocycles. The fourth-order valence-corrected chi connectivity index (χ4v) is 6.88. The molecule has 140 valence electrons. The van der Waals surface area contributed by atoms with E-state index in [1.54, 1.807) is 0 Å². The molecule has 0 spiro atoms. The number of benzene rings is 1. The van der Waals surface area contributed by atoms with E-state index in [9.17, 15) is 0 Å². The Bertz CT molecular complexity index is 701. The first kappa shape index (κ1) is 18.5. The number of thiophene rings is 1. The second-order valence-electron chi connectivity index (χ2n) is 7.95. The average molecular weight is 388 g/mol. The lowest BCUT2D eigenvalue weighted by Crippen LogP contribution is -2.44. The summed E-state index contributed by atoms with van der Waals surface area (Å²) in [7, 11) is 0. The fraction of sp³-hybridized carbons (Fsp3) is 0.545. The van der Waals surface area contributed by atoms with Crippen molar-refractivity contribution in [2.24, 2.45) is 11.3 Å². The normalized spacial score (nSPS) is 28.2. The first-order valence-corrected chi connectivity index (χ1v) is 11.5. The summed E-state index contributed by atoms with van der Waals surface area (Å²) in [6.07, 6.45) is 8.09. The van der Waals surface area contributed by atoms with Gasteiger partial charge in [0.25, 0.3) is 0 Å². The van der Waals surface area contributed by atoms with Crippen LogP contribution < -0.4 is 4.72 Å². The Morgan fingerprint density at radius 2 is 2.00 bits per heavy atom. The SMILES string of the molecule is Cc1ccc(SNC2C3CCCCC2(COCc2ccccc2)CC3)s1. The lowest BCUT2D eigenvalue weighted by molar-refractivity contribution is 0.0190. The van der Waals surface area contributed by atoms with E-state index < -0.39 is 0 Å². The molecule has 0 aliphatic heterocycles. The van der Waals surface area contributed by atoms with Gasteiger partial charge in [0.15, 0.2) is 0 Å². The molecular formula is C22H29NOS2. The van der Waals surface area contributed by atoms with Gasteiger partial charge in [-0.15, -0.1) is 11.3 Å². The molecule has 2 aliphatic carbocycles. The van der Waals surface area contributed by atoms with Gasteiger partial charge in [0.1, 0.15) is 0 Å². The van der Waals surface area contributed by atoms with Gasteiger partial charge in [0, 0.05) is 16.3 Å². The van der Waals surface area contributed by atoms with Gasteiger partial charge in [-0.3, -0.25) is 4.72 Å². The standard InChI is InChI=1S/C22H29NOS2/c1-17-10-11-20(25-17)26-23-21-19-9-5-6-13-22(21,14-12-19)16-24-15-18-7-3-2-4-8-18/h2-4,7-8,10-11,19,21,23H,5-6,9,12-16H2,1H3. The van der Waals surface area contributed by atoms with E-state index in [1.165, 1.54) is 53.2 Å². The number of hydrogen-bond donors (Lipinski definition) is 1. The Hall–Kier alpha value is -0.810. The molecule has 1 N–H and O–H groups in total. The summed E-state index contributed by atoms with van der Waals surface area (Å²) in [5.41, 5.74) is 1.59. The predicted octanol–water partition coefficient (Wildman–Crippen LogP) is 6.21. The summed E-state index contributed by atoms with van der Waals surface area (Å²) >= 11 is 3.73. The van der Waals surface area contributed by atoms with Crippen LogP contribution in [0.3, 0.4) is 0 Å². The summed E-state index contributed by atoms with van der Waals surface area (Å²) in [6.45, 7) is 3.81. The molecule has 0 radical (unpaired) electrons. The molecule has 2 aromatic rings. The molecule has 3 unspecified atom stereocenters. The third kappa shape index (κ3) is 4.19. The van der Waals surface area contributed by atoms with Crippen LogP contribution in [0.15, 0.2) is 46.7 Å². The lowest BCUT2D eigenvalue weighted by atomic mass is 9.79. The number of fused-ring (bicyclic) bond motifs is 2. The summed E-state index contributed by atoms with van der Waals surface area (Å²) in [6, 6.07) is 15.6. The maximum absolute atomic E-state index is 6.28. The average Bonchev–Trinajstić information content (AvgIpc) is 3.15. The summed E-state index contributed by atoms with van der Waals surface area (Å²) in [5, 5.41) is 0. The Labute approximate surface area is 165 Å². The number of ether oxygens (including phenoxy) is 1. The maximum atomic E-state index is 6.28. The van der Waals surface area contributed by atoms with E-state index in [2.05, 4.69) is 54.1 Å². The van der Waals surface area contributed by atoms with Crippen LogP contribution in [-0.4, -0.2) is 12.6 Å². The minimum absolute atomic E-state index is 0.315. The van der Waals surface area contributed by atoms with Crippen molar-refractivity contribution in [3.63, 3.8) is 0 Å². The van der Waals surface area contributed by atoms with Crippen molar-refractivity contribution in [1.29, 1.82) is 0 Å². The lowest BCUT2D eigenvalue weighted by Gasteiger charge is -2.36. The summed E-state index contributed by atoms with van der Waals surface area (Å²) in [5.74, 6) is 0.811. The van der Waals surface area contributed by atoms with E-state index in [4.69, 9.17) is 4.74 Å². The van der Waals surface area contributed by atoms with Gasteiger partial charge in [-0.1, -0.05) is 43.2 Å². The van der Waals surface area contributed by atoms with Crippen molar-refractivity contribution in [3.05, 3.63) is 52.9 Å². The molecule has 1 aromatic carbocycles. The van der Waals surface area contributed by atoms with Gasteiger partial charge < -0.3 is 4.74 Å². The van der Waals surface area contributed by atoms with Crippen LogP contribution in [0.25, 0.3) is 0 Å². The third-order valence-corrected chi connectivity index (χ3v) is 8.15. The molecule has 2 saturated carbocycles. The Balaban J connectivity index is 1.41. The summed E-state index contributed by atoms with van der Waals surface area (Å²) in [4.78, 5) is 1.39. The van der Waals surface area contributed by atoms with Gasteiger partial charge in [0.2, 0.25) is 0 Å². The van der Waals surface area contributed by atoms with E-state index in [-0.39, 0.29) is 0 Å². The molecule has 2 aliphatic rings. The van der Waals surface area contributed by atoms with E-state index >= 15 is 0 Å². The minimum Gasteiger partial charge on any atom is -0.376 e. The molecule has 1 aromatic heterocycles. The molecule has 4 heteroatoms. The Morgan fingerprint density at radius 1 is 1.12 bits per heavy atom. The number of nitrogens with one attached hydrogen (secondary N) is 1. The highest BCUT2D eigenvalue weighted by molar-refractivity contribution is 7.99. The molecule has 4 rings (SSSR count). The second-order valence-corrected chi connectivity index (χ2v) is 10.4. The van der Waals surface area contributed by atoms with Gasteiger partial charge in [-0.2, -0.15) is 0 Å². The number of rotatable bonds is 7. The van der Waals surface area contributed by atoms with Crippen LogP contribution in [0.2, 0.25) is 0 Å². The van der Waals surface area contributed by atoms with E-state index in [1.807, 2.05) is 23.3 Å². The van der Waals surface area contributed by atoms with Crippen LogP contribution in [-0.2, 0) is 11.3 Å². The molecule has 1 heterocycles. The van der Waals surface area contributed by atoms with Crippen molar-refractivity contribution in [2.45, 2.75) is 62.3 Å². The minimum atomic E-state index is 0.315. The Kier molecular flexibility index (Phi) is 6.04. The van der Waals surface area contributed by atoms with Crippen molar-refractivity contribution < 1.29 is 4.74 Å². The smallest absolute Gasteiger partial charge is 0.0754 e. The van der Waals surface area contributed by atoms with Gasteiger partial charge in [0.05, 0.1) is 17.4 Å².